The van der Waals surface area contributed by atoms with E-state index in [1.807, 2.05) is 0 Å². The SMILES string of the molecule is O=C(N1CCN2CCCC2C1)C1(C(F)(F)F)CCNC1. The van der Waals surface area contributed by atoms with Gasteiger partial charge in [0, 0.05) is 32.2 Å². The van der Waals surface area contributed by atoms with Gasteiger partial charge in [0.2, 0.25) is 5.91 Å². The second kappa shape index (κ2) is 4.87. The van der Waals surface area contributed by atoms with Crippen LogP contribution in [-0.2, 0) is 4.79 Å². The molecule has 4 nitrogen and oxygen atoms in total. The Bertz CT molecular complexity index is 393. The molecule has 0 spiro atoms. The summed E-state index contributed by atoms with van der Waals surface area (Å²) < 4.78 is 40.2. The van der Waals surface area contributed by atoms with Gasteiger partial charge in [-0.05, 0) is 32.4 Å². The molecule has 0 radical (unpaired) electrons. The number of piperazine rings is 1. The van der Waals surface area contributed by atoms with Crippen LogP contribution in [0.2, 0.25) is 0 Å². The first-order valence-electron chi connectivity index (χ1n) is 7.25. The van der Waals surface area contributed by atoms with E-state index in [4.69, 9.17) is 0 Å². The van der Waals surface area contributed by atoms with Crippen molar-refractivity contribution in [3.63, 3.8) is 0 Å². The number of hydrogen-bond donors (Lipinski definition) is 1. The largest absolute Gasteiger partial charge is 0.404 e. The van der Waals surface area contributed by atoms with Crippen molar-refractivity contribution >= 4 is 5.91 Å². The van der Waals surface area contributed by atoms with Gasteiger partial charge in [0.05, 0.1) is 0 Å². The monoisotopic (exact) mass is 291 g/mol. The molecule has 7 heteroatoms. The van der Waals surface area contributed by atoms with Crippen molar-refractivity contribution in [1.29, 1.82) is 0 Å². The first kappa shape index (κ1) is 14.1. The molecule has 0 aromatic carbocycles. The first-order chi connectivity index (χ1) is 9.44. The normalized spacial score (nSPS) is 35.4. The molecule has 0 aliphatic carbocycles. The summed E-state index contributed by atoms with van der Waals surface area (Å²) in [5.41, 5.74) is -2.20. The highest BCUT2D eigenvalue weighted by molar-refractivity contribution is 5.84. The highest BCUT2D eigenvalue weighted by Crippen LogP contribution is 2.44. The number of alkyl halides is 3. The predicted octanol–water partition coefficient (Wildman–Crippen LogP) is 0.835. The standard InChI is InChI=1S/C13H20F3N3O/c14-13(15,16)12(3-4-17-9-12)11(20)19-7-6-18-5-1-2-10(18)8-19/h10,17H,1-9H2. The Morgan fingerprint density at radius 2 is 2.05 bits per heavy atom. The summed E-state index contributed by atoms with van der Waals surface area (Å²) in [5, 5.41) is 2.71. The molecule has 3 saturated heterocycles. The summed E-state index contributed by atoms with van der Waals surface area (Å²) in [5.74, 6) is -0.721. The van der Waals surface area contributed by atoms with Gasteiger partial charge in [0.25, 0.3) is 0 Å². The van der Waals surface area contributed by atoms with Crippen LogP contribution < -0.4 is 5.32 Å². The number of nitrogens with one attached hydrogen (secondary N) is 1. The van der Waals surface area contributed by atoms with Gasteiger partial charge in [0.15, 0.2) is 5.41 Å². The van der Waals surface area contributed by atoms with Crippen LogP contribution in [0.25, 0.3) is 0 Å². The predicted molar refractivity (Wildman–Crippen MR) is 67.1 cm³/mol. The number of fused-ring (bicyclic) bond motifs is 1. The minimum absolute atomic E-state index is 0.139. The molecule has 3 fully saturated rings. The number of rotatable bonds is 1. The molecule has 1 amide bonds. The van der Waals surface area contributed by atoms with E-state index in [0.29, 0.717) is 19.6 Å². The van der Waals surface area contributed by atoms with E-state index in [0.717, 1.165) is 19.4 Å². The van der Waals surface area contributed by atoms with Gasteiger partial charge in [-0.25, -0.2) is 0 Å². The molecule has 0 bridgehead atoms. The zero-order chi connectivity index (χ0) is 14.4. The second-order valence-electron chi connectivity index (χ2n) is 6.09. The van der Waals surface area contributed by atoms with E-state index in [9.17, 15) is 18.0 Å². The Hall–Kier alpha value is -0.820. The highest BCUT2D eigenvalue weighted by Gasteiger charge is 2.62. The summed E-state index contributed by atoms with van der Waals surface area (Å²) in [7, 11) is 0. The third kappa shape index (κ3) is 2.11. The Kier molecular flexibility index (Phi) is 3.44. The van der Waals surface area contributed by atoms with Crippen LogP contribution in [0.3, 0.4) is 0 Å². The van der Waals surface area contributed by atoms with E-state index >= 15 is 0 Å². The van der Waals surface area contributed by atoms with Gasteiger partial charge in [-0.3, -0.25) is 9.69 Å². The van der Waals surface area contributed by atoms with Crippen molar-refractivity contribution in [3.05, 3.63) is 0 Å². The lowest BCUT2D eigenvalue weighted by molar-refractivity contribution is -0.222. The minimum Gasteiger partial charge on any atom is -0.339 e. The molecule has 3 aliphatic heterocycles. The van der Waals surface area contributed by atoms with Crippen LogP contribution in [0.5, 0.6) is 0 Å². The van der Waals surface area contributed by atoms with Crippen LogP contribution in [0, 0.1) is 5.41 Å². The van der Waals surface area contributed by atoms with E-state index in [1.165, 1.54) is 4.90 Å². The maximum atomic E-state index is 13.4. The molecule has 3 aliphatic rings. The summed E-state index contributed by atoms with van der Waals surface area (Å²) in [6.45, 7) is 2.58. The van der Waals surface area contributed by atoms with Gasteiger partial charge < -0.3 is 10.2 Å². The molecule has 114 valence electrons. The van der Waals surface area contributed by atoms with E-state index in [1.54, 1.807) is 0 Å². The third-order valence-corrected chi connectivity index (χ3v) is 4.98. The molecule has 20 heavy (non-hydrogen) atoms. The van der Waals surface area contributed by atoms with Crippen LogP contribution in [-0.4, -0.2) is 67.2 Å². The first-order valence-corrected chi connectivity index (χ1v) is 7.25. The van der Waals surface area contributed by atoms with Crippen LogP contribution in [0.15, 0.2) is 0 Å². The van der Waals surface area contributed by atoms with Gasteiger partial charge in [-0.15, -0.1) is 0 Å². The zero-order valence-electron chi connectivity index (χ0n) is 11.4. The smallest absolute Gasteiger partial charge is 0.339 e. The van der Waals surface area contributed by atoms with Gasteiger partial charge in [-0.2, -0.15) is 13.2 Å². The summed E-state index contributed by atoms with van der Waals surface area (Å²) in [6, 6.07) is 0.257. The molecular formula is C13H20F3N3O. The van der Waals surface area contributed by atoms with Gasteiger partial charge >= 0.3 is 6.18 Å². The maximum absolute atomic E-state index is 13.4. The molecular weight excluding hydrogens is 271 g/mol. The lowest BCUT2D eigenvalue weighted by atomic mass is 9.84. The molecule has 3 rings (SSSR count). The summed E-state index contributed by atoms with van der Waals surface area (Å²) in [6.07, 6.45) is -2.54. The van der Waals surface area contributed by atoms with Gasteiger partial charge in [-0.1, -0.05) is 0 Å². The lowest BCUT2D eigenvalue weighted by Gasteiger charge is -2.42. The van der Waals surface area contributed by atoms with Crippen LogP contribution >= 0.6 is 0 Å². The Labute approximate surface area is 116 Å². The van der Waals surface area contributed by atoms with Crippen molar-refractivity contribution in [2.75, 3.05) is 39.3 Å². The molecule has 1 N–H and O–H groups in total. The van der Waals surface area contributed by atoms with E-state index in [-0.39, 0.29) is 25.6 Å². The van der Waals surface area contributed by atoms with Crippen LogP contribution in [0.1, 0.15) is 19.3 Å². The van der Waals surface area contributed by atoms with Gasteiger partial charge in [0.1, 0.15) is 0 Å². The Morgan fingerprint density at radius 1 is 1.25 bits per heavy atom. The molecule has 0 aromatic rings. The Balaban J connectivity index is 1.77. The Morgan fingerprint density at radius 3 is 2.70 bits per heavy atom. The molecule has 3 heterocycles. The molecule has 2 atom stereocenters. The lowest BCUT2D eigenvalue weighted by Crippen LogP contribution is -2.59. The number of amides is 1. The average Bonchev–Trinajstić information content (AvgIpc) is 3.05. The number of carbonyl (C=O) groups is 1. The van der Waals surface area contributed by atoms with Crippen molar-refractivity contribution in [1.82, 2.24) is 15.1 Å². The maximum Gasteiger partial charge on any atom is 0.404 e. The summed E-state index contributed by atoms with van der Waals surface area (Å²) >= 11 is 0. The number of carbonyl (C=O) groups excluding carboxylic acids is 1. The molecule has 0 saturated carbocycles. The fraction of sp³-hybridized carbons (Fsp3) is 0.923. The van der Waals surface area contributed by atoms with Crippen molar-refractivity contribution < 1.29 is 18.0 Å². The fourth-order valence-electron chi connectivity index (χ4n) is 3.72. The number of halogens is 3. The minimum atomic E-state index is -4.47. The van der Waals surface area contributed by atoms with Crippen LogP contribution in [0.4, 0.5) is 13.2 Å². The highest BCUT2D eigenvalue weighted by atomic mass is 19.4. The summed E-state index contributed by atoms with van der Waals surface area (Å²) in [4.78, 5) is 16.2. The third-order valence-electron chi connectivity index (χ3n) is 4.98. The quantitative estimate of drug-likeness (QED) is 0.777. The second-order valence-corrected chi connectivity index (χ2v) is 6.09. The van der Waals surface area contributed by atoms with E-state index in [2.05, 4.69) is 10.2 Å². The zero-order valence-corrected chi connectivity index (χ0v) is 11.4. The van der Waals surface area contributed by atoms with Crippen molar-refractivity contribution in [3.8, 4) is 0 Å². The van der Waals surface area contributed by atoms with Crippen molar-refractivity contribution in [2.24, 2.45) is 5.41 Å². The van der Waals surface area contributed by atoms with Crippen molar-refractivity contribution in [2.45, 2.75) is 31.5 Å². The average molecular weight is 291 g/mol. The number of nitrogens with zero attached hydrogens (tertiary/aromatic N) is 2. The topological polar surface area (TPSA) is 35.6 Å². The molecule has 0 aromatic heterocycles. The number of hydrogen-bond acceptors (Lipinski definition) is 3. The fourth-order valence-corrected chi connectivity index (χ4v) is 3.72. The van der Waals surface area contributed by atoms with E-state index < -0.39 is 17.5 Å². The molecule has 2 unspecified atom stereocenters.